The number of rotatable bonds is 8. The lowest BCUT2D eigenvalue weighted by Crippen LogP contribution is -2.20. The summed E-state index contributed by atoms with van der Waals surface area (Å²) < 4.78 is 44.8. The smallest absolute Gasteiger partial charge is 0.323 e. The van der Waals surface area contributed by atoms with Gasteiger partial charge in [-0.3, -0.25) is 4.98 Å². The van der Waals surface area contributed by atoms with Gasteiger partial charge in [-0.05, 0) is 42.5 Å². The molecule has 0 spiro atoms. The second-order valence-electron chi connectivity index (χ2n) is 7.40. The molecule has 2 N–H and O–H groups in total. The number of fused-ring (bicyclic) bond motifs is 1. The highest BCUT2D eigenvalue weighted by Gasteiger charge is 2.14. The van der Waals surface area contributed by atoms with Crippen molar-refractivity contribution in [2.75, 3.05) is 31.0 Å². The maximum Gasteiger partial charge on any atom is 0.323 e. The summed E-state index contributed by atoms with van der Waals surface area (Å²) in [7, 11) is 1.55. The van der Waals surface area contributed by atoms with Crippen molar-refractivity contribution in [3.8, 4) is 17.2 Å². The fraction of sp³-hybridized carbons (Fsp3) is 0.115. The molecule has 36 heavy (non-hydrogen) atoms. The third-order valence-corrected chi connectivity index (χ3v) is 4.99. The molecule has 0 unspecified atom stereocenters. The Bertz CT molecular complexity index is 1460. The SMILES string of the molecule is [C-]#[N+]c1cc2c(Oc3ccc(NC(=O)Nc4ccccc4F)c(F)c3)ccnc2cc1OCCOC. The zero-order chi connectivity index (χ0) is 25.5. The van der Waals surface area contributed by atoms with Crippen molar-refractivity contribution in [1.29, 1.82) is 0 Å². The number of benzene rings is 3. The second-order valence-corrected chi connectivity index (χ2v) is 7.40. The van der Waals surface area contributed by atoms with Crippen LogP contribution in [-0.4, -0.2) is 31.3 Å². The fourth-order valence-corrected chi connectivity index (χ4v) is 3.29. The summed E-state index contributed by atoms with van der Waals surface area (Å²) in [5, 5.41) is 5.19. The Morgan fingerprint density at radius 3 is 2.47 bits per heavy atom. The number of ether oxygens (including phenoxy) is 3. The first-order valence-electron chi connectivity index (χ1n) is 10.7. The van der Waals surface area contributed by atoms with Crippen molar-refractivity contribution in [3.63, 3.8) is 0 Å². The van der Waals surface area contributed by atoms with Crippen molar-refractivity contribution < 1.29 is 27.8 Å². The molecule has 1 heterocycles. The number of hydrogen-bond donors (Lipinski definition) is 2. The van der Waals surface area contributed by atoms with E-state index in [1.807, 2.05) is 0 Å². The number of amides is 2. The van der Waals surface area contributed by atoms with Crippen molar-refractivity contribution >= 4 is 34.0 Å². The van der Waals surface area contributed by atoms with Crippen LogP contribution in [0.1, 0.15) is 0 Å². The van der Waals surface area contributed by atoms with E-state index in [1.165, 1.54) is 36.5 Å². The highest BCUT2D eigenvalue weighted by molar-refractivity contribution is 6.00. The minimum absolute atomic E-state index is 0.0361. The molecule has 182 valence electrons. The quantitative estimate of drug-likeness (QED) is 0.217. The van der Waals surface area contributed by atoms with Gasteiger partial charge in [-0.2, -0.15) is 0 Å². The Labute approximate surface area is 205 Å². The Morgan fingerprint density at radius 2 is 1.75 bits per heavy atom. The van der Waals surface area contributed by atoms with Gasteiger partial charge in [-0.15, -0.1) is 0 Å². The average molecular weight is 490 g/mol. The minimum Gasteiger partial charge on any atom is -0.502 e. The Hall–Kier alpha value is -4.75. The molecule has 0 saturated carbocycles. The van der Waals surface area contributed by atoms with E-state index in [2.05, 4.69) is 20.5 Å². The Morgan fingerprint density at radius 1 is 0.972 bits per heavy atom. The van der Waals surface area contributed by atoms with E-state index in [0.29, 0.717) is 29.0 Å². The number of carbonyl (C=O) groups excluding carboxylic acids is 1. The molecular weight excluding hydrogens is 470 g/mol. The molecule has 4 rings (SSSR count). The summed E-state index contributed by atoms with van der Waals surface area (Å²) in [5.74, 6) is -0.494. The number of carbonyl (C=O) groups is 1. The number of hydrogen-bond acceptors (Lipinski definition) is 5. The maximum atomic E-state index is 14.7. The van der Waals surface area contributed by atoms with Crippen LogP contribution >= 0.6 is 0 Å². The van der Waals surface area contributed by atoms with Crippen LogP contribution in [0.15, 0.2) is 66.9 Å². The molecule has 3 aromatic carbocycles. The maximum absolute atomic E-state index is 14.7. The number of methoxy groups -OCH3 is 1. The lowest BCUT2D eigenvalue weighted by atomic mass is 10.1. The van der Waals surface area contributed by atoms with E-state index in [0.717, 1.165) is 6.07 Å². The first-order valence-corrected chi connectivity index (χ1v) is 10.7. The summed E-state index contributed by atoms with van der Waals surface area (Å²) in [5.41, 5.74) is 0.633. The Balaban J connectivity index is 1.52. The lowest BCUT2D eigenvalue weighted by Gasteiger charge is -2.13. The van der Waals surface area contributed by atoms with E-state index in [9.17, 15) is 13.6 Å². The molecule has 0 fully saturated rings. The number of nitrogens with zero attached hydrogens (tertiary/aromatic N) is 2. The molecule has 0 radical (unpaired) electrons. The highest BCUT2D eigenvalue weighted by atomic mass is 19.1. The molecule has 0 aliphatic heterocycles. The summed E-state index contributed by atoms with van der Waals surface area (Å²) in [6.45, 7) is 8.11. The molecule has 10 heteroatoms. The fourth-order valence-electron chi connectivity index (χ4n) is 3.29. The topological polar surface area (TPSA) is 86.1 Å². The van der Waals surface area contributed by atoms with E-state index in [4.69, 9.17) is 20.8 Å². The van der Waals surface area contributed by atoms with Gasteiger partial charge in [0, 0.05) is 24.8 Å². The van der Waals surface area contributed by atoms with Gasteiger partial charge in [0.1, 0.15) is 35.5 Å². The van der Waals surface area contributed by atoms with Crippen LogP contribution in [0.25, 0.3) is 15.7 Å². The third kappa shape index (κ3) is 5.65. The van der Waals surface area contributed by atoms with Crippen LogP contribution in [0.5, 0.6) is 17.2 Å². The van der Waals surface area contributed by atoms with Gasteiger partial charge in [0.2, 0.25) is 5.69 Å². The predicted octanol–water partition coefficient (Wildman–Crippen LogP) is 6.53. The van der Waals surface area contributed by atoms with Crippen molar-refractivity contribution in [1.82, 2.24) is 4.98 Å². The van der Waals surface area contributed by atoms with E-state index < -0.39 is 17.7 Å². The highest BCUT2D eigenvalue weighted by Crippen LogP contribution is 2.37. The van der Waals surface area contributed by atoms with Crippen LogP contribution in [0, 0.1) is 18.2 Å². The lowest BCUT2D eigenvalue weighted by molar-refractivity contribution is 0.147. The van der Waals surface area contributed by atoms with Crippen LogP contribution in [0.3, 0.4) is 0 Å². The number of aromatic nitrogens is 1. The monoisotopic (exact) mass is 490 g/mol. The molecule has 4 aromatic rings. The number of pyridine rings is 1. The summed E-state index contributed by atoms with van der Waals surface area (Å²) >= 11 is 0. The van der Waals surface area contributed by atoms with E-state index in [-0.39, 0.29) is 29.4 Å². The minimum atomic E-state index is -0.803. The van der Waals surface area contributed by atoms with Gasteiger partial charge < -0.3 is 24.8 Å². The number of para-hydroxylation sites is 1. The van der Waals surface area contributed by atoms with Crippen molar-refractivity contribution in [3.05, 3.63) is 89.9 Å². The zero-order valence-corrected chi connectivity index (χ0v) is 19.0. The van der Waals surface area contributed by atoms with Crippen LogP contribution in [0.2, 0.25) is 0 Å². The summed E-state index contributed by atoms with van der Waals surface area (Å²) in [6, 6.07) is 13.5. The van der Waals surface area contributed by atoms with Gasteiger partial charge in [0.05, 0.1) is 30.1 Å². The molecule has 0 saturated heterocycles. The largest absolute Gasteiger partial charge is 0.502 e. The van der Waals surface area contributed by atoms with Gasteiger partial charge >= 0.3 is 6.03 Å². The van der Waals surface area contributed by atoms with Crippen molar-refractivity contribution in [2.24, 2.45) is 0 Å². The van der Waals surface area contributed by atoms with Crippen molar-refractivity contribution in [2.45, 2.75) is 0 Å². The van der Waals surface area contributed by atoms with Gasteiger partial charge in [-0.1, -0.05) is 12.1 Å². The number of urea groups is 1. The Kier molecular flexibility index (Phi) is 7.53. The normalized spacial score (nSPS) is 10.5. The molecule has 1 aromatic heterocycles. The molecule has 2 amide bonds. The van der Waals surface area contributed by atoms with E-state index in [1.54, 1.807) is 31.4 Å². The van der Waals surface area contributed by atoms with Gasteiger partial charge in [0.15, 0.2) is 0 Å². The first kappa shape index (κ1) is 24.4. The molecular formula is C26H20F2N4O4. The zero-order valence-electron chi connectivity index (χ0n) is 19.0. The van der Waals surface area contributed by atoms with Crippen LogP contribution in [0.4, 0.5) is 30.6 Å². The second kappa shape index (κ2) is 11.1. The average Bonchev–Trinajstić information content (AvgIpc) is 2.87. The molecule has 0 bridgehead atoms. The number of nitrogens with one attached hydrogen (secondary N) is 2. The molecule has 8 nitrogen and oxygen atoms in total. The number of halogens is 2. The summed E-state index contributed by atoms with van der Waals surface area (Å²) in [6.07, 6.45) is 1.52. The first-order chi connectivity index (χ1) is 17.5. The number of anilines is 2. The van der Waals surface area contributed by atoms with E-state index >= 15 is 0 Å². The van der Waals surface area contributed by atoms with Crippen LogP contribution < -0.4 is 20.1 Å². The van der Waals surface area contributed by atoms with Gasteiger partial charge in [0.25, 0.3) is 0 Å². The standard InChI is InChI=1S/C26H20F2N4O4/c1-29-23-14-17-22(15-25(23)35-12-11-34-2)30-10-9-24(17)36-16-7-8-21(19(28)13-16)32-26(33)31-20-6-4-3-5-18(20)27/h3-10,13-15H,11-12H2,2H3,(H2,31,32,33). The molecule has 0 aliphatic carbocycles. The van der Waals surface area contributed by atoms with Gasteiger partial charge in [-0.25, -0.2) is 18.4 Å². The van der Waals surface area contributed by atoms with Crippen LogP contribution in [-0.2, 0) is 4.74 Å². The third-order valence-electron chi connectivity index (χ3n) is 4.99. The molecule has 0 atom stereocenters. The summed E-state index contributed by atoms with van der Waals surface area (Å²) in [4.78, 5) is 20.0. The predicted molar refractivity (Wildman–Crippen MR) is 131 cm³/mol. The molecule has 0 aliphatic rings.